The van der Waals surface area contributed by atoms with Gasteiger partial charge in [-0.1, -0.05) is 0 Å². The molecular weight excluding hydrogens is 194 g/mol. The van der Waals surface area contributed by atoms with E-state index in [4.69, 9.17) is 10.5 Å². The van der Waals surface area contributed by atoms with Gasteiger partial charge in [0.25, 0.3) is 0 Å². The topological polar surface area (TPSA) is 77.2 Å². The molecule has 0 atom stereocenters. The number of nitrogens with one attached hydrogen (secondary N) is 1. The Balaban J connectivity index is 2.28. The van der Waals surface area contributed by atoms with Crippen molar-refractivity contribution in [2.75, 3.05) is 24.2 Å². The summed E-state index contributed by atoms with van der Waals surface area (Å²) in [4.78, 5) is 15.0. The summed E-state index contributed by atoms with van der Waals surface area (Å²) in [7, 11) is 0. The van der Waals surface area contributed by atoms with Gasteiger partial charge in [-0.15, -0.1) is 0 Å². The second kappa shape index (κ2) is 5.85. The van der Waals surface area contributed by atoms with Gasteiger partial charge in [-0.3, -0.25) is 4.79 Å². The van der Waals surface area contributed by atoms with Crippen molar-refractivity contribution in [3.8, 4) is 0 Å². The van der Waals surface area contributed by atoms with Crippen molar-refractivity contribution >= 4 is 17.5 Å². The molecule has 0 aliphatic heterocycles. The molecule has 82 valence electrons. The highest BCUT2D eigenvalue weighted by Crippen LogP contribution is 2.07. The summed E-state index contributed by atoms with van der Waals surface area (Å²) in [6, 6.07) is 3.42. The van der Waals surface area contributed by atoms with Crippen LogP contribution in [0.5, 0.6) is 0 Å². The van der Waals surface area contributed by atoms with E-state index in [1.54, 1.807) is 25.3 Å². The molecule has 1 aromatic heterocycles. The van der Waals surface area contributed by atoms with Crippen molar-refractivity contribution in [2.45, 2.75) is 13.3 Å². The fraction of sp³-hybridized carbons (Fsp3) is 0.400. The van der Waals surface area contributed by atoms with Gasteiger partial charge in [0.15, 0.2) is 0 Å². The number of hydrogen-bond donors (Lipinski definition) is 2. The summed E-state index contributed by atoms with van der Waals surface area (Å²) in [6.07, 6.45) is 1.94. The molecule has 0 saturated heterocycles. The van der Waals surface area contributed by atoms with Crippen LogP contribution in [0.2, 0.25) is 0 Å². The van der Waals surface area contributed by atoms with Crippen molar-refractivity contribution in [3.63, 3.8) is 0 Å². The molecule has 0 amide bonds. The van der Waals surface area contributed by atoms with Gasteiger partial charge in [0.2, 0.25) is 0 Å². The number of nitrogens with zero attached hydrogens (tertiary/aromatic N) is 1. The predicted molar refractivity (Wildman–Crippen MR) is 58.4 cm³/mol. The van der Waals surface area contributed by atoms with Gasteiger partial charge in [0.05, 0.1) is 13.0 Å². The van der Waals surface area contributed by atoms with Crippen LogP contribution < -0.4 is 11.1 Å². The minimum atomic E-state index is -0.214. The van der Waals surface area contributed by atoms with E-state index in [1.807, 2.05) is 0 Å². The Morgan fingerprint density at radius 1 is 1.67 bits per heavy atom. The van der Waals surface area contributed by atoms with Gasteiger partial charge in [0.1, 0.15) is 5.82 Å². The van der Waals surface area contributed by atoms with Gasteiger partial charge < -0.3 is 15.8 Å². The molecule has 1 rings (SSSR count). The number of carbonyl (C=O) groups excluding carboxylic acids is 1. The molecule has 15 heavy (non-hydrogen) atoms. The lowest BCUT2D eigenvalue weighted by molar-refractivity contribution is -0.142. The van der Waals surface area contributed by atoms with E-state index < -0.39 is 0 Å². The first-order valence-electron chi connectivity index (χ1n) is 4.83. The molecule has 0 radical (unpaired) electrons. The standard InChI is InChI=1S/C10H15N3O2/c1-2-15-10(14)4-6-13-9-7-8(11)3-5-12-9/h3,5,7H,2,4,6H2,1H3,(H3,11,12,13). The molecule has 0 aromatic carbocycles. The average Bonchev–Trinajstić information content (AvgIpc) is 2.18. The third kappa shape index (κ3) is 4.30. The first kappa shape index (κ1) is 11.3. The zero-order chi connectivity index (χ0) is 11.1. The summed E-state index contributed by atoms with van der Waals surface area (Å²) < 4.78 is 4.78. The molecular formula is C10H15N3O2. The van der Waals surface area contributed by atoms with Crippen LogP contribution in [0.25, 0.3) is 0 Å². The van der Waals surface area contributed by atoms with Crippen LogP contribution in [-0.2, 0) is 9.53 Å². The van der Waals surface area contributed by atoms with Crippen LogP contribution in [-0.4, -0.2) is 24.1 Å². The number of nitrogen functional groups attached to an aromatic ring is 1. The quantitative estimate of drug-likeness (QED) is 0.708. The van der Waals surface area contributed by atoms with Crippen LogP contribution in [0.15, 0.2) is 18.3 Å². The maximum absolute atomic E-state index is 11.0. The van der Waals surface area contributed by atoms with Crippen LogP contribution in [0, 0.1) is 0 Å². The molecule has 5 heteroatoms. The fourth-order valence-corrected chi connectivity index (χ4v) is 1.07. The Morgan fingerprint density at radius 2 is 2.47 bits per heavy atom. The number of esters is 1. The molecule has 0 saturated carbocycles. The van der Waals surface area contributed by atoms with E-state index in [2.05, 4.69) is 10.3 Å². The van der Waals surface area contributed by atoms with Gasteiger partial charge in [-0.05, 0) is 13.0 Å². The van der Waals surface area contributed by atoms with Crippen molar-refractivity contribution in [1.29, 1.82) is 0 Å². The van der Waals surface area contributed by atoms with E-state index in [0.29, 0.717) is 31.1 Å². The molecule has 5 nitrogen and oxygen atoms in total. The molecule has 0 fully saturated rings. The van der Waals surface area contributed by atoms with Crippen LogP contribution in [0.3, 0.4) is 0 Å². The zero-order valence-electron chi connectivity index (χ0n) is 8.69. The van der Waals surface area contributed by atoms with Gasteiger partial charge in [-0.25, -0.2) is 4.98 Å². The van der Waals surface area contributed by atoms with Gasteiger partial charge >= 0.3 is 5.97 Å². The van der Waals surface area contributed by atoms with Crippen molar-refractivity contribution in [3.05, 3.63) is 18.3 Å². The van der Waals surface area contributed by atoms with E-state index in [-0.39, 0.29) is 5.97 Å². The number of ether oxygens (including phenoxy) is 1. The summed E-state index contributed by atoms with van der Waals surface area (Å²) >= 11 is 0. The molecule has 0 spiro atoms. The normalized spacial score (nSPS) is 9.67. The van der Waals surface area contributed by atoms with Crippen molar-refractivity contribution in [1.82, 2.24) is 4.98 Å². The first-order chi connectivity index (χ1) is 7.22. The van der Waals surface area contributed by atoms with Crippen molar-refractivity contribution in [2.24, 2.45) is 0 Å². The smallest absolute Gasteiger partial charge is 0.307 e. The third-order valence-electron chi connectivity index (χ3n) is 1.72. The Bertz CT molecular complexity index is 328. The molecule has 3 N–H and O–H groups in total. The lowest BCUT2D eigenvalue weighted by Crippen LogP contribution is -2.11. The highest BCUT2D eigenvalue weighted by atomic mass is 16.5. The SMILES string of the molecule is CCOC(=O)CCNc1cc(N)ccn1. The lowest BCUT2D eigenvalue weighted by Gasteiger charge is -2.05. The average molecular weight is 209 g/mol. The Hall–Kier alpha value is -1.78. The summed E-state index contributed by atoms with van der Waals surface area (Å²) in [6.45, 7) is 2.69. The predicted octanol–water partition coefficient (Wildman–Crippen LogP) is 1.03. The number of aromatic nitrogens is 1. The molecule has 1 heterocycles. The number of anilines is 2. The Morgan fingerprint density at radius 3 is 3.13 bits per heavy atom. The molecule has 0 bridgehead atoms. The van der Waals surface area contributed by atoms with E-state index >= 15 is 0 Å². The van der Waals surface area contributed by atoms with Crippen LogP contribution in [0.1, 0.15) is 13.3 Å². The van der Waals surface area contributed by atoms with E-state index in [1.165, 1.54) is 0 Å². The highest BCUT2D eigenvalue weighted by Gasteiger charge is 2.01. The minimum absolute atomic E-state index is 0.214. The van der Waals surface area contributed by atoms with E-state index in [0.717, 1.165) is 0 Å². The molecule has 1 aromatic rings. The number of pyridine rings is 1. The molecule has 0 unspecified atom stereocenters. The minimum Gasteiger partial charge on any atom is -0.466 e. The monoisotopic (exact) mass is 209 g/mol. The first-order valence-corrected chi connectivity index (χ1v) is 4.83. The van der Waals surface area contributed by atoms with Gasteiger partial charge in [-0.2, -0.15) is 0 Å². The highest BCUT2D eigenvalue weighted by molar-refractivity contribution is 5.70. The molecule has 0 aliphatic carbocycles. The Kier molecular flexibility index (Phi) is 4.40. The molecule has 0 aliphatic rings. The Labute approximate surface area is 88.6 Å². The number of nitrogens with two attached hydrogens (primary N) is 1. The maximum Gasteiger partial charge on any atom is 0.307 e. The van der Waals surface area contributed by atoms with Crippen LogP contribution in [0.4, 0.5) is 11.5 Å². The summed E-state index contributed by atoms with van der Waals surface area (Å²) in [5.41, 5.74) is 6.21. The van der Waals surface area contributed by atoms with E-state index in [9.17, 15) is 4.79 Å². The number of rotatable bonds is 5. The lowest BCUT2D eigenvalue weighted by atomic mass is 10.4. The van der Waals surface area contributed by atoms with Gasteiger partial charge in [0, 0.05) is 24.5 Å². The van der Waals surface area contributed by atoms with Crippen molar-refractivity contribution < 1.29 is 9.53 Å². The summed E-state index contributed by atoms with van der Waals surface area (Å²) in [5, 5.41) is 2.98. The maximum atomic E-state index is 11.0. The number of hydrogen-bond acceptors (Lipinski definition) is 5. The second-order valence-corrected chi connectivity index (χ2v) is 2.96. The fourth-order valence-electron chi connectivity index (χ4n) is 1.07. The summed E-state index contributed by atoms with van der Waals surface area (Å²) in [5.74, 6) is 0.452. The van der Waals surface area contributed by atoms with Crippen LogP contribution >= 0.6 is 0 Å². The second-order valence-electron chi connectivity index (χ2n) is 2.96. The number of carbonyl (C=O) groups is 1. The third-order valence-corrected chi connectivity index (χ3v) is 1.72. The largest absolute Gasteiger partial charge is 0.466 e. The zero-order valence-corrected chi connectivity index (χ0v) is 8.69.